The smallest absolute Gasteiger partial charge is 0.321 e. The first-order valence-electron chi connectivity index (χ1n) is 6.34. The summed E-state index contributed by atoms with van der Waals surface area (Å²) in [7, 11) is 0. The number of benzene rings is 1. The van der Waals surface area contributed by atoms with Gasteiger partial charge >= 0.3 is 5.69 Å². The van der Waals surface area contributed by atoms with Crippen molar-refractivity contribution in [3.63, 3.8) is 0 Å². The molecule has 0 bridgehead atoms. The third kappa shape index (κ3) is 3.09. The number of carbonyl (C=O) groups is 1. The summed E-state index contributed by atoms with van der Waals surface area (Å²) < 4.78 is 13.1. The lowest BCUT2D eigenvalue weighted by Crippen LogP contribution is -2.21. The fourth-order valence-electron chi connectivity index (χ4n) is 1.90. The predicted octanol–water partition coefficient (Wildman–Crippen LogP) is 2.89. The van der Waals surface area contributed by atoms with E-state index < -0.39 is 17.4 Å². The lowest BCUT2D eigenvalue weighted by molar-refractivity contribution is 0.102. The zero-order chi connectivity index (χ0) is 15.5. The van der Waals surface area contributed by atoms with Crippen LogP contribution in [-0.2, 0) is 0 Å². The minimum Gasteiger partial charge on any atom is -0.321 e. The van der Waals surface area contributed by atoms with Crippen molar-refractivity contribution in [2.45, 2.75) is 0 Å². The Hall–Kier alpha value is -2.80. The van der Waals surface area contributed by atoms with E-state index in [0.717, 1.165) is 4.88 Å². The first kappa shape index (κ1) is 14.2. The lowest BCUT2D eigenvalue weighted by atomic mass is 10.2. The molecular weight excluding hydrogens is 305 g/mol. The number of rotatable bonds is 3. The molecule has 110 valence electrons. The van der Waals surface area contributed by atoms with Crippen LogP contribution in [0.15, 0.2) is 52.6 Å². The molecule has 22 heavy (non-hydrogen) atoms. The Morgan fingerprint density at radius 3 is 2.82 bits per heavy atom. The summed E-state index contributed by atoms with van der Waals surface area (Å²) in [5.41, 5.74) is 0.163. The highest BCUT2D eigenvalue weighted by Gasteiger charge is 2.12. The summed E-state index contributed by atoms with van der Waals surface area (Å²) in [6, 6.07) is 10.6. The van der Waals surface area contributed by atoms with E-state index in [9.17, 15) is 14.0 Å². The van der Waals surface area contributed by atoms with Crippen molar-refractivity contribution in [2.24, 2.45) is 0 Å². The van der Waals surface area contributed by atoms with Gasteiger partial charge in [0, 0.05) is 5.69 Å². The molecule has 1 amide bonds. The van der Waals surface area contributed by atoms with Crippen LogP contribution in [0.4, 0.5) is 10.1 Å². The molecule has 0 spiro atoms. The minimum atomic E-state index is -0.615. The van der Waals surface area contributed by atoms with Crippen molar-refractivity contribution in [1.82, 2.24) is 9.97 Å². The number of nitrogens with one attached hydrogen (secondary N) is 2. The van der Waals surface area contributed by atoms with Gasteiger partial charge in [-0.3, -0.25) is 4.79 Å². The second-order valence-electron chi connectivity index (χ2n) is 4.43. The molecule has 2 heterocycles. The monoisotopic (exact) mass is 315 g/mol. The Morgan fingerprint density at radius 2 is 2.09 bits per heavy atom. The summed E-state index contributed by atoms with van der Waals surface area (Å²) in [6.45, 7) is 0. The molecule has 3 aromatic rings. The van der Waals surface area contributed by atoms with E-state index in [1.807, 2.05) is 17.5 Å². The van der Waals surface area contributed by atoms with Crippen molar-refractivity contribution >= 4 is 22.9 Å². The Balaban J connectivity index is 1.91. The van der Waals surface area contributed by atoms with Crippen molar-refractivity contribution in [1.29, 1.82) is 0 Å². The van der Waals surface area contributed by atoms with E-state index in [0.29, 0.717) is 11.4 Å². The maximum absolute atomic E-state index is 13.1. The molecule has 7 heteroatoms. The number of aromatic amines is 1. The van der Waals surface area contributed by atoms with Gasteiger partial charge in [-0.1, -0.05) is 12.1 Å². The quantitative estimate of drug-likeness (QED) is 0.780. The number of amides is 1. The van der Waals surface area contributed by atoms with Gasteiger partial charge in [-0.15, -0.1) is 11.3 Å². The van der Waals surface area contributed by atoms with Crippen LogP contribution >= 0.6 is 11.3 Å². The van der Waals surface area contributed by atoms with Gasteiger partial charge in [-0.05, 0) is 35.7 Å². The van der Waals surface area contributed by atoms with E-state index >= 15 is 0 Å². The molecule has 0 unspecified atom stereocenters. The van der Waals surface area contributed by atoms with Crippen LogP contribution in [0.2, 0.25) is 0 Å². The maximum Gasteiger partial charge on any atom is 0.346 e. The van der Waals surface area contributed by atoms with Crippen molar-refractivity contribution < 1.29 is 9.18 Å². The van der Waals surface area contributed by atoms with E-state index in [1.165, 1.54) is 35.6 Å². The normalized spacial score (nSPS) is 10.4. The number of hydrogen-bond donors (Lipinski definition) is 2. The largest absolute Gasteiger partial charge is 0.346 e. The van der Waals surface area contributed by atoms with Gasteiger partial charge in [-0.25, -0.2) is 9.18 Å². The molecule has 0 radical (unpaired) electrons. The van der Waals surface area contributed by atoms with Crippen LogP contribution < -0.4 is 11.0 Å². The van der Waals surface area contributed by atoms with Gasteiger partial charge in [0.2, 0.25) is 0 Å². The van der Waals surface area contributed by atoms with Crippen LogP contribution in [0.1, 0.15) is 10.5 Å². The number of anilines is 1. The fraction of sp³-hybridized carbons (Fsp3) is 0. The molecule has 0 aliphatic carbocycles. The van der Waals surface area contributed by atoms with E-state index in [4.69, 9.17) is 0 Å². The molecule has 1 aromatic carbocycles. The number of halogens is 1. The number of carbonyl (C=O) groups excluding carboxylic acids is 1. The van der Waals surface area contributed by atoms with Gasteiger partial charge in [-0.2, -0.15) is 4.98 Å². The van der Waals surface area contributed by atoms with Gasteiger partial charge in [0.05, 0.1) is 10.6 Å². The summed E-state index contributed by atoms with van der Waals surface area (Å²) in [5.74, 6) is -1.04. The van der Waals surface area contributed by atoms with E-state index in [-0.39, 0.29) is 5.69 Å². The van der Waals surface area contributed by atoms with Gasteiger partial charge in [0.1, 0.15) is 11.5 Å². The molecule has 0 saturated heterocycles. The number of H-pyrrole nitrogens is 1. The molecule has 3 rings (SSSR count). The number of hydrogen-bond acceptors (Lipinski definition) is 4. The minimum absolute atomic E-state index is 0.0311. The maximum atomic E-state index is 13.1. The standard InChI is InChI=1S/C15H10FN3O2S/c16-9-3-1-4-10(7-9)17-14(20)12-8-11(18-15(21)19-12)13-5-2-6-22-13/h1-8H,(H,17,20)(H,18,19,21). The average molecular weight is 315 g/mol. The van der Waals surface area contributed by atoms with Crippen molar-refractivity contribution in [3.8, 4) is 10.6 Å². The number of nitrogens with zero attached hydrogens (tertiary/aromatic N) is 1. The molecule has 0 aliphatic heterocycles. The highest BCUT2D eigenvalue weighted by Crippen LogP contribution is 2.22. The molecule has 2 aromatic heterocycles. The van der Waals surface area contributed by atoms with E-state index in [1.54, 1.807) is 6.07 Å². The fourth-order valence-corrected chi connectivity index (χ4v) is 2.60. The van der Waals surface area contributed by atoms with Crippen LogP contribution in [0, 0.1) is 5.82 Å². The second kappa shape index (κ2) is 5.90. The summed E-state index contributed by atoms with van der Waals surface area (Å²) in [4.78, 5) is 30.8. The molecule has 5 nitrogen and oxygen atoms in total. The highest BCUT2D eigenvalue weighted by atomic mass is 32.1. The first-order valence-corrected chi connectivity index (χ1v) is 7.22. The van der Waals surface area contributed by atoms with Crippen LogP contribution in [0.25, 0.3) is 10.6 Å². The first-order chi connectivity index (χ1) is 10.6. The topological polar surface area (TPSA) is 74.8 Å². The molecule has 2 N–H and O–H groups in total. The zero-order valence-corrected chi connectivity index (χ0v) is 12.0. The summed E-state index contributed by atoms with van der Waals surface area (Å²) >= 11 is 1.43. The third-order valence-electron chi connectivity index (χ3n) is 2.85. The number of thiophene rings is 1. The Morgan fingerprint density at radius 1 is 1.23 bits per heavy atom. The van der Waals surface area contributed by atoms with Crippen LogP contribution in [0.5, 0.6) is 0 Å². The Bertz CT molecular complexity index is 874. The molecule has 0 aliphatic rings. The second-order valence-corrected chi connectivity index (χ2v) is 5.37. The number of aromatic nitrogens is 2. The lowest BCUT2D eigenvalue weighted by Gasteiger charge is -2.05. The van der Waals surface area contributed by atoms with Crippen molar-refractivity contribution in [2.75, 3.05) is 5.32 Å². The Kier molecular flexibility index (Phi) is 3.80. The van der Waals surface area contributed by atoms with Crippen LogP contribution in [-0.4, -0.2) is 15.9 Å². The average Bonchev–Trinajstić information content (AvgIpc) is 3.01. The SMILES string of the molecule is O=C(Nc1cccc(F)c1)c1cc(-c2cccs2)[nH]c(=O)n1. The summed E-state index contributed by atoms with van der Waals surface area (Å²) in [6.07, 6.45) is 0. The van der Waals surface area contributed by atoms with Gasteiger partial charge in [0.15, 0.2) is 0 Å². The van der Waals surface area contributed by atoms with Crippen molar-refractivity contribution in [3.05, 3.63) is 69.8 Å². The van der Waals surface area contributed by atoms with E-state index in [2.05, 4.69) is 15.3 Å². The molecular formula is C15H10FN3O2S. The van der Waals surface area contributed by atoms with Crippen LogP contribution in [0.3, 0.4) is 0 Å². The zero-order valence-electron chi connectivity index (χ0n) is 11.2. The predicted molar refractivity (Wildman–Crippen MR) is 82.5 cm³/mol. The van der Waals surface area contributed by atoms with Gasteiger partial charge < -0.3 is 10.3 Å². The molecule has 0 fully saturated rings. The summed E-state index contributed by atoms with van der Waals surface area (Å²) in [5, 5.41) is 4.37. The highest BCUT2D eigenvalue weighted by molar-refractivity contribution is 7.13. The third-order valence-corrected chi connectivity index (χ3v) is 3.75. The van der Waals surface area contributed by atoms with Gasteiger partial charge in [0.25, 0.3) is 5.91 Å². The Labute approximate surface area is 128 Å². The molecule has 0 saturated carbocycles. The molecule has 0 atom stereocenters.